The van der Waals surface area contributed by atoms with Crippen molar-refractivity contribution >= 4 is 23.6 Å². The Morgan fingerprint density at radius 1 is 1.23 bits per heavy atom. The molecule has 2 heterocycles. The van der Waals surface area contributed by atoms with Crippen molar-refractivity contribution in [2.75, 3.05) is 31.1 Å². The molecule has 2 aliphatic rings. The molecule has 0 saturated carbocycles. The second-order valence-corrected chi connectivity index (χ2v) is 6.99. The summed E-state index contributed by atoms with van der Waals surface area (Å²) in [4.78, 5) is 27.9. The highest BCUT2D eigenvalue weighted by Crippen LogP contribution is 2.23. The van der Waals surface area contributed by atoms with E-state index in [1.165, 1.54) is 4.90 Å². The molecule has 1 fully saturated rings. The SMILES string of the molecule is C[C@@H]1CSCCN1C[C@@H](O)CN1C(=O)c2ccccc2C1=O. The number of rotatable bonds is 4. The predicted octanol–water partition coefficient (Wildman–Crippen LogP) is 1.08. The van der Waals surface area contributed by atoms with E-state index in [1.54, 1.807) is 24.3 Å². The summed E-state index contributed by atoms with van der Waals surface area (Å²) in [6.07, 6.45) is -0.715. The lowest BCUT2D eigenvalue weighted by Crippen LogP contribution is -2.48. The van der Waals surface area contributed by atoms with Gasteiger partial charge in [0, 0.05) is 30.6 Å². The molecule has 5 nitrogen and oxygen atoms in total. The topological polar surface area (TPSA) is 60.9 Å². The minimum absolute atomic E-state index is 0.0582. The monoisotopic (exact) mass is 320 g/mol. The highest BCUT2D eigenvalue weighted by atomic mass is 32.2. The van der Waals surface area contributed by atoms with E-state index in [0.717, 1.165) is 18.1 Å². The summed E-state index contributed by atoms with van der Waals surface area (Å²) in [6, 6.07) is 7.22. The Hall–Kier alpha value is -1.37. The van der Waals surface area contributed by atoms with Crippen molar-refractivity contribution in [3.05, 3.63) is 35.4 Å². The molecule has 3 rings (SSSR count). The van der Waals surface area contributed by atoms with Crippen LogP contribution in [0.1, 0.15) is 27.6 Å². The van der Waals surface area contributed by atoms with Gasteiger partial charge < -0.3 is 5.11 Å². The summed E-state index contributed by atoms with van der Waals surface area (Å²) >= 11 is 1.92. The molecule has 2 amide bonds. The van der Waals surface area contributed by atoms with E-state index in [1.807, 2.05) is 11.8 Å². The summed E-state index contributed by atoms with van der Waals surface area (Å²) in [5.41, 5.74) is 0.866. The van der Waals surface area contributed by atoms with Crippen LogP contribution >= 0.6 is 11.8 Å². The van der Waals surface area contributed by atoms with Crippen LogP contribution in [-0.4, -0.2) is 70.0 Å². The molecule has 118 valence electrons. The minimum atomic E-state index is -0.715. The Morgan fingerprint density at radius 2 is 1.86 bits per heavy atom. The molecule has 0 unspecified atom stereocenters. The average molecular weight is 320 g/mol. The van der Waals surface area contributed by atoms with Crippen LogP contribution in [0.5, 0.6) is 0 Å². The van der Waals surface area contributed by atoms with E-state index in [2.05, 4.69) is 11.8 Å². The number of carbonyl (C=O) groups excluding carboxylic acids is 2. The fraction of sp³-hybridized carbons (Fsp3) is 0.500. The number of carbonyl (C=O) groups is 2. The molecule has 22 heavy (non-hydrogen) atoms. The van der Waals surface area contributed by atoms with Crippen molar-refractivity contribution in [3.8, 4) is 0 Å². The Labute approximate surface area is 134 Å². The van der Waals surface area contributed by atoms with Gasteiger partial charge in [0.05, 0.1) is 23.8 Å². The zero-order valence-electron chi connectivity index (χ0n) is 12.6. The first kappa shape index (κ1) is 15.5. The van der Waals surface area contributed by atoms with Gasteiger partial charge in [-0.15, -0.1) is 0 Å². The van der Waals surface area contributed by atoms with Gasteiger partial charge in [0.15, 0.2) is 0 Å². The number of aliphatic hydroxyl groups excluding tert-OH is 1. The van der Waals surface area contributed by atoms with E-state index < -0.39 is 6.10 Å². The molecule has 1 N–H and O–H groups in total. The van der Waals surface area contributed by atoms with Crippen molar-refractivity contribution in [1.82, 2.24) is 9.80 Å². The molecule has 1 saturated heterocycles. The van der Waals surface area contributed by atoms with Gasteiger partial charge in [-0.05, 0) is 19.1 Å². The van der Waals surface area contributed by atoms with Gasteiger partial charge in [-0.25, -0.2) is 0 Å². The molecular formula is C16H20N2O3S. The second kappa shape index (κ2) is 6.40. The third kappa shape index (κ3) is 2.91. The number of fused-ring (bicyclic) bond motifs is 1. The molecular weight excluding hydrogens is 300 g/mol. The Morgan fingerprint density at radius 3 is 2.45 bits per heavy atom. The van der Waals surface area contributed by atoms with Crippen molar-refractivity contribution in [2.24, 2.45) is 0 Å². The van der Waals surface area contributed by atoms with Crippen LogP contribution in [-0.2, 0) is 0 Å². The molecule has 2 aliphatic heterocycles. The fourth-order valence-electron chi connectivity index (χ4n) is 2.98. The fourth-order valence-corrected chi connectivity index (χ4v) is 4.06. The third-order valence-corrected chi connectivity index (χ3v) is 5.41. The smallest absolute Gasteiger partial charge is 0.261 e. The predicted molar refractivity (Wildman–Crippen MR) is 86.2 cm³/mol. The number of nitrogens with zero attached hydrogens (tertiary/aromatic N) is 2. The number of benzene rings is 1. The molecule has 0 aromatic heterocycles. The number of amides is 2. The highest BCUT2D eigenvalue weighted by molar-refractivity contribution is 7.99. The summed E-state index contributed by atoms with van der Waals surface area (Å²) in [7, 11) is 0. The van der Waals surface area contributed by atoms with Crippen molar-refractivity contribution in [1.29, 1.82) is 0 Å². The molecule has 0 radical (unpaired) electrons. The lowest BCUT2D eigenvalue weighted by atomic mass is 10.1. The zero-order chi connectivity index (χ0) is 15.7. The summed E-state index contributed by atoms with van der Waals surface area (Å²) in [5, 5.41) is 10.3. The van der Waals surface area contributed by atoms with Gasteiger partial charge in [0.25, 0.3) is 11.8 Å². The standard InChI is InChI=1S/C16H20N2O3S/c1-11-10-22-7-6-17(11)8-12(19)9-18-15(20)13-4-2-3-5-14(13)16(18)21/h2-5,11-12,19H,6-10H2,1H3/t11-,12-/m1/s1. The summed E-state index contributed by atoms with van der Waals surface area (Å²) < 4.78 is 0. The van der Waals surface area contributed by atoms with Crippen molar-refractivity contribution < 1.29 is 14.7 Å². The maximum Gasteiger partial charge on any atom is 0.261 e. The third-order valence-electron chi connectivity index (χ3n) is 4.22. The lowest BCUT2D eigenvalue weighted by Gasteiger charge is -2.34. The van der Waals surface area contributed by atoms with Gasteiger partial charge in [-0.2, -0.15) is 11.8 Å². The number of aliphatic hydroxyl groups is 1. The van der Waals surface area contributed by atoms with Crippen LogP contribution in [0.15, 0.2) is 24.3 Å². The normalized spacial score (nSPS) is 23.7. The second-order valence-electron chi connectivity index (χ2n) is 5.84. The first-order valence-electron chi connectivity index (χ1n) is 7.53. The molecule has 0 spiro atoms. The van der Waals surface area contributed by atoms with Crippen LogP contribution in [0.2, 0.25) is 0 Å². The maximum atomic E-state index is 12.3. The summed E-state index contributed by atoms with van der Waals surface area (Å²) in [5.74, 6) is 1.51. The van der Waals surface area contributed by atoms with E-state index in [9.17, 15) is 14.7 Å². The Bertz CT molecular complexity index is 558. The Balaban J connectivity index is 1.64. The average Bonchev–Trinajstić information content (AvgIpc) is 2.75. The van der Waals surface area contributed by atoms with Crippen molar-refractivity contribution in [2.45, 2.75) is 19.1 Å². The highest BCUT2D eigenvalue weighted by Gasteiger charge is 2.36. The number of hydrogen-bond acceptors (Lipinski definition) is 5. The lowest BCUT2D eigenvalue weighted by molar-refractivity contribution is 0.0449. The summed E-state index contributed by atoms with van der Waals surface area (Å²) in [6.45, 7) is 3.63. The quantitative estimate of drug-likeness (QED) is 0.841. The van der Waals surface area contributed by atoms with Crippen LogP contribution in [0.25, 0.3) is 0 Å². The van der Waals surface area contributed by atoms with Gasteiger partial charge >= 0.3 is 0 Å². The van der Waals surface area contributed by atoms with E-state index in [0.29, 0.717) is 23.7 Å². The molecule has 6 heteroatoms. The molecule has 1 aromatic rings. The van der Waals surface area contributed by atoms with Crippen LogP contribution in [0, 0.1) is 0 Å². The number of β-amino-alcohol motifs (C(OH)–C–C–N with tert-alkyl or cyclic N) is 1. The molecule has 1 aromatic carbocycles. The molecule has 0 aliphatic carbocycles. The van der Waals surface area contributed by atoms with E-state index in [4.69, 9.17) is 0 Å². The van der Waals surface area contributed by atoms with E-state index in [-0.39, 0.29) is 18.4 Å². The molecule has 2 atom stereocenters. The number of hydrogen-bond donors (Lipinski definition) is 1. The Kier molecular flexibility index (Phi) is 4.52. The van der Waals surface area contributed by atoms with Gasteiger partial charge in [-0.3, -0.25) is 19.4 Å². The van der Waals surface area contributed by atoms with Gasteiger partial charge in [-0.1, -0.05) is 12.1 Å². The maximum absolute atomic E-state index is 12.3. The first-order chi connectivity index (χ1) is 10.6. The number of thioether (sulfide) groups is 1. The van der Waals surface area contributed by atoms with Gasteiger partial charge in [0.1, 0.15) is 0 Å². The molecule has 0 bridgehead atoms. The van der Waals surface area contributed by atoms with Gasteiger partial charge in [0.2, 0.25) is 0 Å². The first-order valence-corrected chi connectivity index (χ1v) is 8.68. The van der Waals surface area contributed by atoms with E-state index >= 15 is 0 Å². The minimum Gasteiger partial charge on any atom is -0.390 e. The van der Waals surface area contributed by atoms with Crippen LogP contribution < -0.4 is 0 Å². The zero-order valence-corrected chi connectivity index (χ0v) is 13.4. The van der Waals surface area contributed by atoms with Crippen LogP contribution in [0.3, 0.4) is 0 Å². The van der Waals surface area contributed by atoms with Crippen LogP contribution in [0.4, 0.5) is 0 Å². The largest absolute Gasteiger partial charge is 0.390 e. The number of imide groups is 1. The van der Waals surface area contributed by atoms with Crippen molar-refractivity contribution in [3.63, 3.8) is 0 Å².